The lowest BCUT2D eigenvalue weighted by atomic mass is 10.1. The van der Waals surface area contributed by atoms with E-state index in [-0.39, 0.29) is 17.5 Å². The summed E-state index contributed by atoms with van der Waals surface area (Å²) in [7, 11) is -0.172. The molecule has 2 rings (SSSR count). The van der Waals surface area contributed by atoms with Crippen molar-refractivity contribution >= 4 is 10.0 Å². The molecule has 6 nitrogen and oxygen atoms in total. The number of aliphatic hydroxyl groups excluding tert-OH is 1. The van der Waals surface area contributed by atoms with Crippen molar-refractivity contribution in [3.63, 3.8) is 0 Å². The van der Waals surface area contributed by atoms with Crippen LogP contribution in [0, 0.1) is 13.8 Å². The largest absolute Gasteiger partial charge is 0.495 e. The first kappa shape index (κ1) is 18.2. The van der Waals surface area contributed by atoms with E-state index in [1.807, 2.05) is 20.9 Å². The summed E-state index contributed by atoms with van der Waals surface area (Å²) in [5.74, 6) is 0.380. The van der Waals surface area contributed by atoms with Crippen LogP contribution in [0.2, 0.25) is 0 Å². The number of rotatable bonds is 5. The molecule has 7 heteroatoms. The Balaban J connectivity index is 2.37. The number of methoxy groups -OCH3 is 1. The Labute approximate surface area is 138 Å². The summed E-state index contributed by atoms with van der Waals surface area (Å²) in [6.45, 7) is 5.35. The zero-order valence-electron chi connectivity index (χ0n) is 14.2. The Bertz CT molecular complexity index is 660. The van der Waals surface area contributed by atoms with Gasteiger partial charge < -0.3 is 14.7 Å². The van der Waals surface area contributed by atoms with Crippen molar-refractivity contribution < 1.29 is 18.3 Å². The molecule has 23 heavy (non-hydrogen) atoms. The summed E-state index contributed by atoms with van der Waals surface area (Å²) in [4.78, 5) is 2.32. The molecule has 0 aliphatic carbocycles. The maximum Gasteiger partial charge on any atom is 0.246 e. The topological polar surface area (TPSA) is 70.1 Å². The molecule has 1 N–H and O–H groups in total. The lowest BCUT2D eigenvalue weighted by Gasteiger charge is -2.38. The van der Waals surface area contributed by atoms with Gasteiger partial charge in [-0.05, 0) is 50.6 Å². The molecule has 0 radical (unpaired) electrons. The van der Waals surface area contributed by atoms with E-state index in [0.29, 0.717) is 31.8 Å². The lowest BCUT2D eigenvalue weighted by molar-refractivity contribution is 0.120. The molecule has 1 aromatic rings. The highest BCUT2D eigenvalue weighted by molar-refractivity contribution is 7.89. The zero-order valence-corrected chi connectivity index (χ0v) is 15.1. The van der Waals surface area contributed by atoms with Crippen LogP contribution in [0.5, 0.6) is 5.75 Å². The highest BCUT2D eigenvalue weighted by Gasteiger charge is 2.34. The molecule has 1 saturated heterocycles. The molecular formula is C16H26N2O4S. The van der Waals surface area contributed by atoms with E-state index in [9.17, 15) is 13.5 Å². The Morgan fingerprint density at radius 3 is 2.52 bits per heavy atom. The van der Waals surface area contributed by atoms with Gasteiger partial charge in [-0.1, -0.05) is 0 Å². The van der Waals surface area contributed by atoms with Crippen LogP contribution >= 0.6 is 0 Å². The monoisotopic (exact) mass is 342 g/mol. The number of sulfonamides is 1. The maximum atomic E-state index is 13.1. The molecule has 0 bridgehead atoms. The number of piperazine rings is 1. The second-order valence-corrected chi connectivity index (χ2v) is 8.00. The van der Waals surface area contributed by atoms with Gasteiger partial charge >= 0.3 is 0 Å². The van der Waals surface area contributed by atoms with Crippen molar-refractivity contribution in [2.45, 2.75) is 31.2 Å². The second kappa shape index (κ2) is 7.17. The summed E-state index contributed by atoms with van der Waals surface area (Å²) >= 11 is 0. The van der Waals surface area contributed by atoms with Gasteiger partial charge in [0.15, 0.2) is 0 Å². The minimum atomic E-state index is -3.62. The third kappa shape index (κ3) is 3.68. The first-order valence-corrected chi connectivity index (χ1v) is 9.21. The molecule has 1 unspecified atom stereocenters. The third-order valence-corrected chi connectivity index (χ3v) is 6.49. The second-order valence-electron chi connectivity index (χ2n) is 6.10. The molecule has 0 spiro atoms. The molecule has 0 saturated carbocycles. The molecule has 0 aromatic heterocycles. The van der Waals surface area contributed by atoms with Crippen LogP contribution in [0.3, 0.4) is 0 Å². The van der Waals surface area contributed by atoms with Crippen molar-refractivity contribution in [3.05, 3.63) is 23.3 Å². The maximum absolute atomic E-state index is 13.1. The van der Waals surface area contributed by atoms with Gasteiger partial charge in [-0.25, -0.2) is 8.42 Å². The van der Waals surface area contributed by atoms with Crippen LogP contribution in [0.1, 0.15) is 17.5 Å². The first-order chi connectivity index (χ1) is 10.8. The average Bonchev–Trinajstić information content (AvgIpc) is 2.51. The van der Waals surface area contributed by atoms with E-state index in [1.54, 1.807) is 12.1 Å². The molecule has 1 fully saturated rings. The normalized spacial score (nSPS) is 20.7. The number of hydrogen-bond donors (Lipinski definition) is 1. The van der Waals surface area contributed by atoms with Gasteiger partial charge in [0.2, 0.25) is 10.0 Å². The van der Waals surface area contributed by atoms with Crippen molar-refractivity contribution in [3.8, 4) is 5.75 Å². The van der Waals surface area contributed by atoms with Gasteiger partial charge in [-0.2, -0.15) is 4.31 Å². The van der Waals surface area contributed by atoms with Crippen molar-refractivity contribution in [1.29, 1.82) is 0 Å². The van der Waals surface area contributed by atoms with Crippen LogP contribution in [0.15, 0.2) is 17.0 Å². The predicted octanol–water partition coefficient (Wildman–Crippen LogP) is 0.999. The number of benzene rings is 1. The molecule has 1 atom stereocenters. The fraction of sp³-hybridized carbons (Fsp3) is 0.625. The third-order valence-electron chi connectivity index (χ3n) is 4.60. The minimum Gasteiger partial charge on any atom is -0.495 e. The van der Waals surface area contributed by atoms with Gasteiger partial charge in [0.05, 0.1) is 7.11 Å². The van der Waals surface area contributed by atoms with Gasteiger partial charge in [-0.3, -0.25) is 0 Å². The van der Waals surface area contributed by atoms with Crippen LogP contribution in [-0.4, -0.2) is 69.2 Å². The Kier molecular flexibility index (Phi) is 5.67. The standard InChI is InChI=1S/C16H26N2O4S/c1-12-9-15(22-4)16(10-13(12)2)23(20,21)18-7-6-17(3)14(11-18)5-8-19/h9-10,14,19H,5-8,11H2,1-4H3. The van der Waals surface area contributed by atoms with E-state index in [2.05, 4.69) is 4.90 Å². The average molecular weight is 342 g/mol. The van der Waals surface area contributed by atoms with Gasteiger partial charge in [0, 0.05) is 32.3 Å². The van der Waals surface area contributed by atoms with E-state index < -0.39 is 10.0 Å². The molecule has 1 aliphatic heterocycles. The highest BCUT2D eigenvalue weighted by Crippen LogP contribution is 2.31. The molecule has 0 amide bonds. The lowest BCUT2D eigenvalue weighted by Crippen LogP contribution is -2.53. The number of hydrogen-bond acceptors (Lipinski definition) is 5. The summed E-state index contributed by atoms with van der Waals surface area (Å²) < 4.78 is 32.9. The Morgan fingerprint density at radius 1 is 1.26 bits per heavy atom. The van der Waals surface area contributed by atoms with E-state index in [0.717, 1.165) is 11.1 Å². The van der Waals surface area contributed by atoms with Crippen molar-refractivity contribution in [2.24, 2.45) is 0 Å². The first-order valence-electron chi connectivity index (χ1n) is 7.77. The molecule has 1 aromatic carbocycles. The smallest absolute Gasteiger partial charge is 0.246 e. The zero-order chi connectivity index (χ0) is 17.2. The van der Waals surface area contributed by atoms with Crippen LogP contribution < -0.4 is 4.74 Å². The van der Waals surface area contributed by atoms with Crippen LogP contribution in [-0.2, 0) is 10.0 Å². The van der Waals surface area contributed by atoms with E-state index in [1.165, 1.54) is 11.4 Å². The van der Waals surface area contributed by atoms with Gasteiger partial charge in [-0.15, -0.1) is 0 Å². The number of ether oxygens (including phenoxy) is 1. The molecule has 130 valence electrons. The Morgan fingerprint density at radius 2 is 1.91 bits per heavy atom. The van der Waals surface area contributed by atoms with Crippen molar-refractivity contribution in [2.75, 3.05) is 40.4 Å². The molecule has 1 aliphatic rings. The summed E-state index contributed by atoms with van der Waals surface area (Å²) in [5.41, 5.74) is 1.92. The fourth-order valence-electron chi connectivity index (χ4n) is 2.86. The van der Waals surface area contributed by atoms with Gasteiger partial charge in [0.25, 0.3) is 0 Å². The van der Waals surface area contributed by atoms with Gasteiger partial charge in [0.1, 0.15) is 10.6 Å². The van der Waals surface area contributed by atoms with E-state index in [4.69, 9.17) is 4.74 Å². The summed E-state index contributed by atoms with van der Waals surface area (Å²) in [5, 5.41) is 9.18. The number of likely N-dealkylation sites (N-methyl/N-ethyl adjacent to an activating group) is 1. The predicted molar refractivity (Wildman–Crippen MR) is 89.3 cm³/mol. The van der Waals surface area contributed by atoms with Crippen LogP contribution in [0.4, 0.5) is 0 Å². The van der Waals surface area contributed by atoms with Crippen molar-refractivity contribution in [1.82, 2.24) is 9.21 Å². The summed E-state index contributed by atoms with van der Waals surface area (Å²) in [6.07, 6.45) is 0.562. The summed E-state index contributed by atoms with van der Waals surface area (Å²) in [6, 6.07) is 3.48. The fourth-order valence-corrected chi connectivity index (χ4v) is 4.55. The number of aryl methyl sites for hydroxylation is 2. The minimum absolute atomic E-state index is 0.0288. The Hall–Kier alpha value is -1.15. The molecule has 1 heterocycles. The van der Waals surface area contributed by atoms with E-state index >= 15 is 0 Å². The van der Waals surface area contributed by atoms with Crippen LogP contribution in [0.25, 0.3) is 0 Å². The number of aliphatic hydroxyl groups is 1. The SMILES string of the molecule is COc1cc(C)c(C)cc1S(=O)(=O)N1CCN(C)C(CCO)C1. The quantitative estimate of drug-likeness (QED) is 0.864. The molecular weight excluding hydrogens is 316 g/mol. The highest BCUT2D eigenvalue weighted by atomic mass is 32.2. The number of nitrogens with zero attached hydrogens (tertiary/aromatic N) is 2.